The summed E-state index contributed by atoms with van der Waals surface area (Å²) in [6.45, 7) is 1.86. The molecule has 2 aromatic heterocycles. The molecule has 0 amide bonds. The normalized spacial score (nSPS) is 11.0. The molecule has 0 atom stereocenters. The summed E-state index contributed by atoms with van der Waals surface area (Å²) >= 11 is 0. The van der Waals surface area contributed by atoms with E-state index in [2.05, 4.69) is 15.0 Å². The Morgan fingerprint density at radius 1 is 1.07 bits per heavy atom. The molecule has 0 radical (unpaired) electrons. The third kappa shape index (κ3) is 3.85. The van der Waals surface area contributed by atoms with Crippen LogP contribution in [0.5, 0.6) is 5.75 Å². The third-order valence-electron chi connectivity index (χ3n) is 4.63. The van der Waals surface area contributed by atoms with Crippen molar-refractivity contribution < 1.29 is 13.5 Å². The van der Waals surface area contributed by atoms with Crippen molar-refractivity contribution in [3.63, 3.8) is 0 Å². The van der Waals surface area contributed by atoms with Gasteiger partial charge >= 0.3 is 0 Å². The highest BCUT2D eigenvalue weighted by atomic mass is 19.1. The Hall–Kier alpha value is -3.61. The fraction of sp³-hybridized carbons (Fsp3) is 0.136. The van der Waals surface area contributed by atoms with Crippen LogP contribution in [0.4, 0.5) is 8.78 Å². The number of aromatic nitrogens is 3. The van der Waals surface area contributed by atoms with Crippen LogP contribution in [0, 0.1) is 18.6 Å². The van der Waals surface area contributed by atoms with Gasteiger partial charge in [0.05, 0.1) is 23.7 Å². The van der Waals surface area contributed by atoms with Crippen LogP contribution in [0.3, 0.4) is 0 Å². The topological polar surface area (TPSA) is 67.9 Å². The molecule has 5 nitrogen and oxygen atoms in total. The van der Waals surface area contributed by atoms with Crippen molar-refractivity contribution in [2.45, 2.75) is 13.3 Å². The number of pyridine rings is 1. The van der Waals surface area contributed by atoms with E-state index in [4.69, 9.17) is 4.74 Å². The average Bonchev–Trinajstić information content (AvgIpc) is 2.68. The smallest absolute Gasteiger partial charge is 0.258 e. The fourth-order valence-electron chi connectivity index (χ4n) is 3.22. The molecule has 7 heteroatoms. The van der Waals surface area contributed by atoms with Gasteiger partial charge in [0.15, 0.2) is 0 Å². The zero-order chi connectivity index (χ0) is 20.5. The first-order valence-electron chi connectivity index (χ1n) is 8.92. The molecule has 146 valence electrons. The number of rotatable bonds is 4. The van der Waals surface area contributed by atoms with Gasteiger partial charge in [-0.05, 0) is 42.3 Å². The first-order chi connectivity index (χ1) is 13.9. The van der Waals surface area contributed by atoms with E-state index in [9.17, 15) is 13.6 Å². The van der Waals surface area contributed by atoms with E-state index in [0.717, 1.165) is 17.2 Å². The highest BCUT2D eigenvalue weighted by Crippen LogP contribution is 2.23. The Bertz CT molecular complexity index is 1250. The summed E-state index contributed by atoms with van der Waals surface area (Å²) in [6.07, 6.45) is 1.95. The lowest BCUT2D eigenvalue weighted by Gasteiger charge is -2.08. The Balaban J connectivity index is 1.64. The van der Waals surface area contributed by atoms with E-state index >= 15 is 0 Å². The van der Waals surface area contributed by atoms with E-state index < -0.39 is 11.6 Å². The molecule has 0 spiro atoms. The zero-order valence-corrected chi connectivity index (χ0v) is 15.8. The molecule has 29 heavy (non-hydrogen) atoms. The van der Waals surface area contributed by atoms with Crippen molar-refractivity contribution in [3.8, 4) is 17.0 Å². The number of methoxy groups -OCH3 is 1. The minimum atomic E-state index is -0.658. The summed E-state index contributed by atoms with van der Waals surface area (Å²) in [5.41, 5.74) is 2.78. The van der Waals surface area contributed by atoms with Gasteiger partial charge in [-0.3, -0.25) is 9.78 Å². The van der Waals surface area contributed by atoms with Crippen LogP contribution < -0.4 is 10.3 Å². The lowest BCUT2D eigenvalue weighted by Crippen LogP contribution is -2.12. The number of ether oxygens (including phenoxy) is 1. The molecule has 2 heterocycles. The Labute approximate surface area is 165 Å². The number of benzene rings is 2. The van der Waals surface area contributed by atoms with E-state index in [1.807, 2.05) is 6.92 Å². The summed E-state index contributed by atoms with van der Waals surface area (Å²) in [4.78, 5) is 24.0. The highest BCUT2D eigenvalue weighted by Gasteiger charge is 2.10. The zero-order valence-electron chi connectivity index (χ0n) is 15.8. The van der Waals surface area contributed by atoms with Crippen molar-refractivity contribution in [2.75, 3.05) is 7.11 Å². The van der Waals surface area contributed by atoms with Crippen molar-refractivity contribution in [1.82, 2.24) is 15.0 Å². The Kier molecular flexibility index (Phi) is 4.80. The van der Waals surface area contributed by atoms with Crippen LogP contribution in [0.1, 0.15) is 17.0 Å². The van der Waals surface area contributed by atoms with E-state index in [1.54, 1.807) is 37.6 Å². The van der Waals surface area contributed by atoms with Crippen LogP contribution in [0.2, 0.25) is 0 Å². The summed E-state index contributed by atoms with van der Waals surface area (Å²) in [6, 6.07) is 10.2. The van der Waals surface area contributed by atoms with Gasteiger partial charge in [0, 0.05) is 30.3 Å². The second-order valence-corrected chi connectivity index (χ2v) is 6.74. The van der Waals surface area contributed by atoms with Gasteiger partial charge in [0.2, 0.25) is 0 Å². The maximum atomic E-state index is 13.4. The largest absolute Gasteiger partial charge is 0.496 e. The summed E-state index contributed by atoms with van der Waals surface area (Å²) in [5.74, 6) is -0.168. The molecule has 0 aliphatic carbocycles. The minimum Gasteiger partial charge on any atom is -0.496 e. The van der Waals surface area contributed by atoms with Gasteiger partial charge in [0.1, 0.15) is 23.2 Å². The SMILES string of the molecule is COc1cc2nc(Cc3ccc(-c4cc(F)cc(F)c4)nc3)[nH]c(=O)c2cc1C. The van der Waals surface area contributed by atoms with Crippen LogP contribution in [0.15, 0.2) is 53.5 Å². The van der Waals surface area contributed by atoms with Crippen LogP contribution in [-0.2, 0) is 6.42 Å². The number of fused-ring (bicyclic) bond motifs is 1. The Morgan fingerprint density at radius 2 is 1.83 bits per heavy atom. The van der Waals surface area contributed by atoms with Crippen molar-refractivity contribution >= 4 is 10.9 Å². The quantitative estimate of drug-likeness (QED) is 0.565. The monoisotopic (exact) mass is 393 g/mol. The van der Waals surface area contributed by atoms with Gasteiger partial charge in [0.25, 0.3) is 5.56 Å². The molecule has 2 aromatic carbocycles. The molecular weight excluding hydrogens is 376 g/mol. The molecule has 0 bridgehead atoms. The van der Waals surface area contributed by atoms with E-state index in [1.165, 1.54) is 12.1 Å². The van der Waals surface area contributed by atoms with Crippen LogP contribution in [0.25, 0.3) is 22.2 Å². The minimum absolute atomic E-state index is 0.226. The van der Waals surface area contributed by atoms with Gasteiger partial charge in [-0.2, -0.15) is 0 Å². The number of hydrogen-bond donors (Lipinski definition) is 1. The molecule has 0 saturated carbocycles. The third-order valence-corrected chi connectivity index (χ3v) is 4.63. The number of halogens is 2. The van der Waals surface area contributed by atoms with Crippen LogP contribution in [-0.4, -0.2) is 22.1 Å². The first-order valence-corrected chi connectivity index (χ1v) is 8.92. The summed E-state index contributed by atoms with van der Waals surface area (Å²) in [7, 11) is 1.57. The molecule has 4 rings (SSSR count). The van der Waals surface area contributed by atoms with Gasteiger partial charge in [-0.1, -0.05) is 6.07 Å². The van der Waals surface area contributed by atoms with Crippen molar-refractivity contribution in [1.29, 1.82) is 0 Å². The standard InChI is InChI=1S/C22H17F2N3O2/c1-12-5-17-19(10-20(12)29-2)26-21(27-22(17)28)6-13-3-4-18(25-11-13)14-7-15(23)9-16(24)8-14/h3-5,7-11H,6H2,1-2H3,(H,26,27,28). The summed E-state index contributed by atoms with van der Waals surface area (Å²) in [5, 5.41) is 0.494. The van der Waals surface area contributed by atoms with Gasteiger partial charge in [-0.25, -0.2) is 13.8 Å². The number of nitrogens with one attached hydrogen (secondary N) is 1. The molecule has 0 aliphatic rings. The average molecular weight is 393 g/mol. The fourth-order valence-corrected chi connectivity index (χ4v) is 3.22. The molecule has 0 unspecified atom stereocenters. The van der Waals surface area contributed by atoms with Gasteiger partial charge in [-0.15, -0.1) is 0 Å². The maximum Gasteiger partial charge on any atom is 0.258 e. The Morgan fingerprint density at radius 3 is 2.48 bits per heavy atom. The summed E-state index contributed by atoms with van der Waals surface area (Å²) < 4.78 is 32.1. The number of aryl methyl sites for hydroxylation is 1. The molecular formula is C22H17F2N3O2. The van der Waals surface area contributed by atoms with Crippen molar-refractivity contribution in [3.05, 3.63) is 87.6 Å². The number of nitrogens with zero attached hydrogens (tertiary/aromatic N) is 2. The number of aromatic amines is 1. The molecule has 0 aliphatic heterocycles. The second-order valence-electron chi connectivity index (χ2n) is 6.74. The molecule has 0 fully saturated rings. The molecule has 1 N–H and O–H groups in total. The lowest BCUT2D eigenvalue weighted by molar-refractivity contribution is 0.412. The molecule has 0 saturated heterocycles. The predicted octanol–water partition coefficient (Wildman–Crippen LogP) is 4.17. The second kappa shape index (κ2) is 7.43. The predicted molar refractivity (Wildman–Crippen MR) is 106 cm³/mol. The van der Waals surface area contributed by atoms with E-state index in [-0.39, 0.29) is 5.56 Å². The van der Waals surface area contributed by atoms with Crippen molar-refractivity contribution in [2.24, 2.45) is 0 Å². The van der Waals surface area contributed by atoms with E-state index in [0.29, 0.717) is 40.2 Å². The first kappa shape index (κ1) is 18.7. The lowest BCUT2D eigenvalue weighted by atomic mass is 10.1. The number of hydrogen-bond acceptors (Lipinski definition) is 4. The van der Waals surface area contributed by atoms with Crippen LogP contribution >= 0.6 is 0 Å². The number of H-pyrrole nitrogens is 1. The van der Waals surface area contributed by atoms with Gasteiger partial charge < -0.3 is 9.72 Å². The molecule has 4 aromatic rings. The highest BCUT2D eigenvalue weighted by molar-refractivity contribution is 5.80. The maximum absolute atomic E-state index is 13.4.